The van der Waals surface area contributed by atoms with Crippen molar-refractivity contribution in [1.82, 2.24) is 9.88 Å². The van der Waals surface area contributed by atoms with E-state index in [4.69, 9.17) is 21.1 Å². The summed E-state index contributed by atoms with van der Waals surface area (Å²) in [5.74, 6) is 0.918. The summed E-state index contributed by atoms with van der Waals surface area (Å²) in [6, 6.07) is 19.4. The number of nitrogens with zero attached hydrogens (tertiary/aromatic N) is 2. The summed E-state index contributed by atoms with van der Waals surface area (Å²) in [5, 5.41) is 12.8. The van der Waals surface area contributed by atoms with Crippen molar-refractivity contribution in [1.29, 1.82) is 0 Å². The van der Waals surface area contributed by atoms with Gasteiger partial charge in [0.2, 0.25) is 5.91 Å². The van der Waals surface area contributed by atoms with E-state index in [1.54, 1.807) is 36.4 Å². The number of rotatable bonds is 7. The molecular formula is C27H24ClN3O5. The number of carbonyl (C=O) groups excluding carboxylic acids is 1. The van der Waals surface area contributed by atoms with Crippen LogP contribution in [-0.4, -0.2) is 47.0 Å². The maximum Gasteiger partial charge on any atom is 0.270 e. The molecule has 3 aromatic carbocycles. The van der Waals surface area contributed by atoms with Crippen molar-refractivity contribution in [3.63, 3.8) is 0 Å². The topological polar surface area (TPSA) is 97.7 Å². The SMILES string of the molecule is O=C(C[C@@H](c1cccc(Oc2ccc(Cl)cc2)c1)c1c[nH]c2ccc([N+](=O)[O-])cc12)N1CCOCC1. The van der Waals surface area contributed by atoms with E-state index in [0.717, 1.165) is 16.6 Å². The lowest BCUT2D eigenvalue weighted by molar-refractivity contribution is -0.384. The Hall–Kier alpha value is -3.88. The normalized spacial score (nSPS) is 14.5. The molecule has 1 aliphatic heterocycles. The molecule has 1 N–H and O–H groups in total. The lowest BCUT2D eigenvalue weighted by atomic mass is 9.87. The summed E-state index contributed by atoms with van der Waals surface area (Å²) in [5.41, 5.74) is 2.46. The number of nitrogens with one attached hydrogen (secondary N) is 1. The lowest BCUT2D eigenvalue weighted by Crippen LogP contribution is -2.41. The third-order valence-electron chi connectivity index (χ3n) is 6.34. The molecule has 1 aromatic heterocycles. The van der Waals surface area contributed by atoms with Gasteiger partial charge in [0.15, 0.2) is 0 Å². The first kappa shape index (κ1) is 23.8. The number of aromatic nitrogens is 1. The van der Waals surface area contributed by atoms with Crippen LogP contribution in [0.3, 0.4) is 0 Å². The highest BCUT2D eigenvalue weighted by Gasteiger charge is 2.26. The Bertz CT molecular complexity index is 1400. The van der Waals surface area contributed by atoms with E-state index in [1.807, 2.05) is 35.4 Å². The Morgan fingerprint density at radius 2 is 1.86 bits per heavy atom. The average molecular weight is 506 g/mol. The van der Waals surface area contributed by atoms with Gasteiger partial charge in [-0.05, 0) is 53.6 Å². The summed E-state index contributed by atoms with van der Waals surface area (Å²) in [6.45, 7) is 2.12. The van der Waals surface area contributed by atoms with Gasteiger partial charge in [-0.15, -0.1) is 0 Å². The fourth-order valence-corrected chi connectivity index (χ4v) is 4.62. The molecule has 0 radical (unpaired) electrons. The summed E-state index contributed by atoms with van der Waals surface area (Å²) < 4.78 is 11.4. The predicted octanol–water partition coefficient (Wildman–Crippen LogP) is 5.90. The van der Waals surface area contributed by atoms with Crippen molar-refractivity contribution in [3.8, 4) is 11.5 Å². The van der Waals surface area contributed by atoms with Gasteiger partial charge in [-0.25, -0.2) is 0 Å². The van der Waals surface area contributed by atoms with Gasteiger partial charge in [0.1, 0.15) is 11.5 Å². The van der Waals surface area contributed by atoms with Gasteiger partial charge in [0.05, 0.1) is 18.1 Å². The smallest absolute Gasteiger partial charge is 0.270 e. The molecule has 2 heterocycles. The Morgan fingerprint density at radius 1 is 1.08 bits per heavy atom. The number of nitro groups is 1. The highest BCUT2D eigenvalue weighted by molar-refractivity contribution is 6.30. The highest BCUT2D eigenvalue weighted by atomic mass is 35.5. The maximum atomic E-state index is 13.3. The van der Waals surface area contributed by atoms with Crippen LogP contribution in [0.15, 0.2) is 72.9 Å². The van der Waals surface area contributed by atoms with Gasteiger partial charge in [-0.2, -0.15) is 0 Å². The van der Waals surface area contributed by atoms with Crippen molar-refractivity contribution < 1.29 is 19.2 Å². The van der Waals surface area contributed by atoms with E-state index in [-0.39, 0.29) is 23.9 Å². The van der Waals surface area contributed by atoms with Crippen molar-refractivity contribution in [2.24, 2.45) is 0 Å². The van der Waals surface area contributed by atoms with Crippen LogP contribution in [0.1, 0.15) is 23.5 Å². The number of hydrogen-bond donors (Lipinski definition) is 1. The van der Waals surface area contributed by atoms with Crippen LogP contribution in [0, 0.1) is 10.1 Å². The van der Waals surface area contributed by atoms with Gasteiger partial charge in [-0.1, -0.05) is 23.7 Å². The third kappa shape index (κ3) is 5.19. The van der Waals surface area contributed by atoms with Gasteiger partial charge in [0, 0.05) is 59.7 Å². The number of benzene rings is 3. The molecule has 4 aromatic rings. The number of morpholine rings is 1. The number of non-ortho nitro benzene ring substituents is 1. The van der Waals surface area contributed by atoms with Crippen LogP contribution < -0.4 is 4.74 Å². The highest BCUT2D eigenvalue weighted by Crippen LogP contribution is 2.37. The number of halogens is 1. The minimum atomic E-state index is -0.412. The van der Waals surface area contributed by atoms with Crippen molar-refractivity contribution in [3.05, 3.63) is 99.2 Å². The molecule has 184 valence electrons. The van der Waals surface area contributed by atoms with Crippen LogP contribution in [0.4, 0.5) is 5.69 Å². The maximum absolute atomic E-state index is 13.3. The molecule has 36 heavy (non-hydrogen) atoms. The summed E-state index contributed by atoms with van der Waals surface area (Å²) in [4.78, 5) is 29.3. The van der Waals surface area contributed by atoms with Crippen molar-refractivity contribution in [2.75, 3.05) is 26.3 Å². The van der Waals surface area contributed by atoms with Crippen LogP contribution in [-0.2, 0) is 9.53 Å². The molecule has 0 saturated carbocycles. The van der Waals surface area contributed by atoms with Gasteiger partial charge < -0.3 is 19.4 Å². The molecule has 1 atom stereocenters. The number of aromatic amines is 1. The summed E-state index contributed by atoms with van der Waals surface area (Å²) in [6.07, 6.45) is 2.04. The first-order chi connectivity index (χ1) is 17.5. The quantitative estimate of drug-likeness (QED) is 0.249. The third-order valence-corrected chi connectivity index (χ3v) is 6.59. The molecule has 0 unspecified atom stereocenters. The molecule has 0 spiro atoms. The molecule has 1 saturated heterocycles. The number of carbonyl (C=O) groups is 1. The number of ether oxygens (including phenoxy) is 2. The zero-order valence-corrected chi connectivity index (χ0v) is 20.1. The first-order valence-electron chi connectivity index (χ1n) is 11.6. The average Bonchev–Trinajstić information content (AvgIpc) is 3.32. The molecule has 1 fully saturated rings. The largest absolute Gasteiger partial charge is 0.457 e. The van der Waals surface area contributed by atoms with Crippen LogP contribution >= 0.6 is 11.6 Å². The fraction of sp³-hybridized carbons (Fsp3) is 0.222. The van der Waals surface area contributed by atoms with E-state index < -0.39 is 4.92 Å². The van der Waals surface area contributed by atoms with Crippen LogP contribution in [0.25, 0.3) is 10.9 Å². The Morgan fingerprint density at radius 3 is 2.61 bits per heavy atom. The molecule has 1 amide bonds. The van der Waals surface area contributed by atoms with E-state index in [9.17, 15) is 14.9 Å². The van der Waals surface area contributed by atoms with Crippen LogP contribution in [0.2, 0.25) is 5.02 Å². The molecule has 0 bridgehead atoms. The second kappa shape index (κ2) is 10.4. The Kier molecular flexibility index (Phi) is 6.88. The van der Waals surface area contributed by atoms with Crippen molar-refractivity contribution >= 4 is 34.1 Å². The molecular weight excluding hydrogens is 482 g/mol. The van der Waals surface area contributed by atoms with E-state index in [0.29, 0.717) is 48.2 Å². The van der Waals surface area contributed by atoms with E-state index in [1.165, 1.54) is 6.07 Å². The van der Waals surface area contributed by atoms with Gasteiger partial charge in [0.25, 0.3) is 5.69 Å². The number of H-pyrrole nitrogens is 1. The molecule has 1 aliphatic rings. The number of fused-ring (bicyclic) bond motifs is 1. The van der Waals surface area contributed by atoms with Crippen molar-refractivity contribution in [2.45, 2.75) is 12.3 Å². The monoisotopic (exact) mass is 505 g/mol. The minimum Gasteiger partial charge on any atom is -0.457 e. The fourth-order valence-electron chi connectivity index (χ4n) is 4.49. The van der Waals surface area contributed by atoms with Gasteiger partial charge in [-0.3, -0.25) is 14.9 Å². The van der Waals surface area contributed by atoms with E-state index in [2.05, 4.69) is 4.98 Å². The van der Waals surface area contributed by atoms with Crippen LogP contribution in [0.5, 0.6) is 11.5 Å². The lowest BCUT2D eigenvalue weighted by Gasteiger charge is -2.28. The second-order valence-electron chi connectivity index (χ2n) is 8.61. The standard InChI is InChI=1S/C27H24ClN3O5/c28-19-4-7-21(8-5-19)36-22-3-1-2-18(14-22)23(16-27(32)30-10-12-35-13-11-30)25-17-29-26-9-6-20(31(33)34)15-24(25)26/h1-9,14-15,17,23,29H,10-13,16H2/t23-/m0/s1. The summed E-state index contributed by atoms with van der Waals surface area (Å²) in [7, 11) is 0. The summed E-state index contributed by atoms with van der Waals surface area (Å²) >= 11 is 5.98. The molecule has 8 nitrogen and oxygen atoms in total. The van der Waals surface area contributed by atoms with Gasteiger partial charge >= 0.3 is 0 Å². The molecule has 9 heteroatoms. The zero-order chi connectivity index (χ0) is 25.1. The second-order valence-corrected chi connectivity index (χ2v) is 9.05. The Balaban J connectivity index is 1.53. The predicted molar refractivity (Wildman–Crippen MR) is 137 cm³/mol. The molecule has 5 rings (SSSR count). The number of hydrogen-bond acceptors (Lipinski definition) is 5. The van der Waals surface area contributed by atoms with E-state index >= 15 is 0 Å². The number of nitro benzene ring substituents is 1. The number of amides is 1. The Labute approximate surface area is 212 Å². The molecule has 0 aliphatic carbocycles. The first-order valence-corrected chi connectivity index (χ1v) is 12.0. The minimum absolute atomic E-state index is 0.00132. The zero-order valence-electron chi connectivity index (χ0n) is 19.4.